The van der Waals surface area contributed by atoms with Crippen molar-refractivity contribution in [2.45, 2.75) is 26.0 Å². The zero-order valence-corrected chi connectivity index (χ0v) is 16.1. The molecule has 2 heterocycles. The Bertz CT molecular complexity index is 985. The minimum Gasteiger partial charge on any atom is -0.486 e. The molecule has 2 amide bonds. The van der Waals surface area contributed by atoms with Gasteiger partial charge in [0.2, 0.25) is 0 Å². The largest absolute Gasteiger partial charge is 0.486 e. The number of ether oxygens (including phenoxy) is 2. The average Bonchev–Trinajstić information content (AvgIpc) is 3.10. The lowest BCUT2D eigenvalue weighted by Gasteiger charge is -2.29. The van der Waals surface area contributed by atoms with Gasteiger partial charge in [-0.15, -0.1) is 0 Å². The molecular formula is C21H24N4O3. The molecule has 0 bridgehead atoms. The number of nitrogens with zero attached hydrogens (tertiary/aromatic N) is 3. The number of anilines is 1. The number of para-hydroxylation sites is 2. The molecule has 7 heteroatoms. The predicted octanol–water partition coefficient (Wildman–Crippen LogP) is 3.75. The number of imidazole rings is 1. The fourth-order valence-electron chi connectivity index (χ4n) is 3.32. The summed E-state index contributed by atoms with van der Waals surface area (Å²) in [5.41, 5.74) is 2.66. The number of hydrogen-bond donors (Lipinski definition) is 1. The first-order chi connectivity index (χ1) is 13.6. The normalized spacial score (nSPS) is 15.4. The van der Waals surface area contributed by atoms with Crippen molar-refractivity contribution < 1.29 is 14.3 Å². The summed E-state index contributed by atoms with van der Waals surface area (Å²) in [6.07, 6.45) is 2.67. The van der Waals surface area contributed by atoms with Gasteiger partial charge in [-0.3, -0.25) is 0 Å². The molecule has 146 valence electrons. The standard InChI is InChI=1S/C21H24N4O3/c1-3-10-25-14-22-17-11-15(8-9-18(17)25)23-21(26)24(2)12-16-13-27-19-6-4-5-7-20(19)28-16/h4-9,11,14,16H,3,10,12-13H2,1-2H3,(H,23,26)/t16-/m0/s1. The Morgan fingerprint density at radius 3 is 2.93 bits per heavy atom. The SMILES string of the molecule is CCCn1cnc2cc(NC(=O)N(C)C[C@H]3COc4ccccc4O3)ccc21. The van der Waals surface area contributed by atoms with Crippen LogP contribution in [-0.4, -0.2) is 46.8 Å². The van der Waals surface area contributed by atoms with E-state index in [1.54, 1.807) is 11.9 Å². The highest BCUT2D eigenvalue weighted by molar-refractivity contribution is 5.91. The van der Waals surface area contributed by atoms with E-state index in [0.717, 1.165) is 35.4 Å². The van der Waals surface area contributed by atoms with Crippen molar-refractivity contribution in [3.8, 4) is 11.5 Å². The van der Waals surface area contributed by atoms with Crippen LogP contribution in [0.25, 0.3) is 11.0 Å². The molecule has 0 unspecified atom stereocenters. The van der Waals surface area contributed by atoms with Crippen LogP contribution in [0, 0.1) is 0 Å². The number of amides is 2. The topological polar surface area (TPSA) is 68.6 Å². The quantitative estimate of drug-likeness (QED) is 0.732. The maximum Gasteiger partial charge on any atom is 0.321 e. The summed E-state index contributed by atoms with van der Waals surface area (Å²) in [4.78, 5) is 18.6. The zero-order chi connectivity index (χ0) is 19.5. The first kappa shape index (κ1) is 18.2. The van der Waals surface area contributed by atoms with E-state index < -0.39 is 0 Å². The molecule has 28 heavy (non-hydrogen) atoms. The van der Waals surface area contributed by atoms with E-state index in [2.05, 4.69) is 21.8 Å². The van der Waals surface area contributed by atoms with E-state index in [-0.39, 0.29) is 12.1 Å². The molecule has 4 rings (SSSR count). The number of fused-ring (bicyclic) bond motifs is 2. The summed E-state index contributed by atoms with van der Waals surface area (Å²) in [5, 5.41) is 2.93. The number of likely N-dealkylation sites (N-methyl/N-ethyl adjacent to an activating group) is 1. The van der Waals surface area contributed by atoms with Crippen LogP contribution < -0.4 is 14.8 Å². The lowest BCUT2D eigenvalue weighted by molar-refractivity contribution is 0.0731. The van der Waals surface area contributed by atoms with E-state index in [1.807, 2.05) is 48.8 Å². The third-order valence-electron chi connectivity index (χ3n) is 4.73. The molecule has 1 atom stereocenters. The van der Waals surface area contributed by atoms with Gasteiger partial charge in [0.05, 0.1) is 23.9 Å². The number of urea groups is 1. The van der Waals surface area contributed by atoms with Crippen LogP contribution in [-0.2, 0) is 6.54 Å². The number of rotatable bonds is 5. The van der Waals surface area contributed by atoms with Gasteiger partial charge in [-0.2, -0.15) is 0 Å². The van der Waals surface area contributed by atoms with Gasteiger partial charge < -0.3 is 24.3 Å². The van der Waals surface area contributed by atoms with Crippen LogP contribution in [0.2, 0.25) is 0 Å². The van der Waals surface area contributed by atoms with Gasteiger partial charge in [-0.1, -0.05) is 19.1 Å². The maximum absolute atomic E-state index is 12.6. The Morgan fingerprint density at radius 1 is 1.29 bits per heavy atom. The highest BCUT2D eigenvalue weighted by Gasteiger charge is 2.23. The molecule has 0 radical (unpaired) electrons. The molecule has 1 aliphatic rings. The van der Waals surface area contributed by atoms with Crippen molar-refractivity contribution in [1.82, 2.24) is 14.5 Å². The molecule has 3 aromatic rings. The smallest absolute Gasteiger partial charge is 0.321 e. The Hall–Kier alpha value is -3.22. The van der Waals surface area contributed by atoms with Gasteiger partial charge in [0.15, 0.2) is 17.6 Å². The van der Waals surface area contributed by atoms with Gasteiger partial charge in [0.25, 0.3) is 0 Å². The van der Waals surface area contributed by atoms with Crippen LogP contribution in [0.4, 0.5) is 10.5 Å². The number of carbonyl (C=O) groups is 1. The van der Waals surface area contributed by atoms with E-state index in [4.69, 9.17) is 9.47 Å². The van der Waals surface area contributed by atoms with Crippen LogP contribution in [0.3, 0.4) is 0 Å². The highest BCUT2D eigenvalue weighted by atomic mass is 16.6. The molecule has 0 fully saturated rings. The summed E-state index contributed by atoms with van der Waals surface area (Å²) >= 11 is 0. The molecular weight excluding hydrogens is 356 g/mol. The van der Waals surface area contributed by atoms with E-state index in [9.17, 15) is 4.79 Å². The monoisotopic (exact) mass is 380 g/mol. The van der Waals surface area contributed by atoms with Gasteiger partial charge in [-0.05, 0) is 36.8 Å². The van der Waals surface area contributed by atoms with Crippen molar-refractivity contribution in [3.05, 3.63) is 48.8 Å². The van der Waals surface area contributed by atoms with Crippen molar-refractivity contribution in [3.63, 3.8) is 0 Å². The number of carbonyl (C=O) groups excluding carboxylic acids is 1. The van der Waals surface area contributed by atoms with Crippen LogP contribution in [0.1, 0.15) is 13.3 Å². The Balaban J connectivity index is 1.37. The highest BCUT2D eigenvalue weighted by Crippen LogP contribution is 2.31. The second kappa shape index (κ2) is 7.80. The summed E-state index contributed by atoms with van der Waals surface area (Å²) in [7, 11) is 1.74. The number of hydrogen-bond acceptors (Lipinski definition) is 4. The summed E-state index contributed by atoms with van der Waals surface area (Å²) < 4.78 is 13.8. The Labute approximate surface area is 163 Å². The Kier molecular flexibility index (Phi) is 5.06. The maximum atomic E-state index is 12.6. The third kappa shape index (κ3) is 3.74. The molecule has 1 N–H and O–H groups in total. The molecule has 0 aliphatic carbocycles. The minimum atomic E-state index is -0.210. The summed E-state index contributed by atoms with van der Waals surface area (Å²) in [6, 6.07) is 13.1. The number of aryl methyl sites for hydroxylation is 1. The molecule has 0 saturated heterocycles. The second-order valence-electron chi connectivity index (χ2n) is 6.95. The van der Waals surface area contributed by atoms with Gasteiger partial charge >= 0.3 is 6.03 Å². The van der Waals surface area contributed by atoms with Crippen molar-refractivity contribution in [1.29, 1.82) is 0 Å². The fourth-order valence-corrected chi connectivity index (χ4v) is 3.32. The van der Waals surface area contributed by atoms with E-state index >= 15 is 0 Å². The van der Waals surface area contributed by atoms with Crippen molar-refractivity contribution in [2.24, 2.45) is 0 Å². The zero-order valence-electron chi connectivity index (χ0n) is 16.1. The van der Waals surface area contributed by atoms with E-state index in [1.165, 1.54) is 0 Å². The van der Waals surface area contributed by atoms with Crippen LogP contribution in [0.15, 0.2) is 48.8 Å². The second-order valence-corrected chi connectivity index (χ2v) is 6.95. The first-order valence-corrected chi connectivity index (χ1v) is 9.49. The lowest BCUT2D eigenvalue weighted by Crippen LogP contribution is -2.43. The molecule has 2 aromatic carbocycles. The number of benzene rings is 2. The number of aromatic nitrogens is 2. The third-order valence-corrected chi connectivity index (χ3v) is 4.73. The van der Waals surface area contributed by atoms with Gasteiger partial charge in [0, 0.05) is 19.3 Å². The van der Waals surface area contributed by atoms with Crippen LogP contribution >= 0.6 is 0 Å². The average molecular weight is 380 g/mol. The van der Waals surface area contributed by atoms with Crippen molar-refractivity contribution in [2.75, 3.05) is 25.5 Å². The predicted molar refractivity (Wildman–Crippen MR) is 108 cm³/mol. The van der Waals surface area contributed by atoms with Crippen molar-refractivity contribution >= 4 is 22.8 Å². The number of nitrogens with one attached hydrogen (secondary N) is 1. The molecule has 1 aliphatic heterocycles. The molecule has 1 aromatic heterocycles. The Morgan fingerprint density at radius 2 is 2.11 bits per heavy atom. The lowest BCUT2D eigenvalue weighted by atomic mass is 10.2. The fraction of sp³-hybridized carbons (Fsp3) is 0.333. The molecule has 7 nitrogen and oxygen atoms in total. The van der Waals surface area contributed by atoms with E-state index in [0.29, 0.717) is 18.9 Å². The summed E-state index contributed by atoms with van der Waals surface area (Å²) in [5.74, 6) is 1.45. The summed E-state index contributed by atoms with van der Waals surface area (Å²) in [6.45, 7) is 3.90. The first-order valence-electron chi connectivity index (χ1n) is 9.49. The van der Waals surface area contributed by atoms with Crippen LogP contribution in [0.5, 0.6) is 11.5 Å². The molecule has 0 spiro atoms. The molecule has 0 saturated carbocycles. The van der Waals surface area contributed by atoms with Gasteiger partial charge in [0.1, 0.15) is 6.61 Å². The minimum absolute atomic E-state index is 0.199. The van der Waals surface area contributed by atoms with Gasteiger partial charge in [-0.25, -0.2) is 9.78 Å².